The molecule has 6 nitrogen and oxygen atoms in total. The van der Waals surface area contributed by atoms with E-state index in [4.69, 9.17) is 0 Å². The van der Waals surface area contributed by atoms with Crippen LogP contribution < -0.4 is 5.32 Å². The monoisotopic (exact) mass is 465 g/mol. The van der Waals surface area contributed by atoms with E-state index in [-0.39, 0.29) is 5.91 Å². The summed E-state index contributed by atoms with van der Waals surface area (Å²) >= 11 is 0. The number of amides is 1. The Kier molecular flexibility index (Phi) is 6.43. The number of nitrogens with one attached hydrogen (secondary N) is 1. The number of hydrogen-bond donors (Lipinski definition) is 1. The predicted molar refractivity (Wildman–Crippen MR) is 126 cm³/mol. The third kappa shape index (κ3) is 4.74. The molecule has 0 unspecified atom stereocenters. The second-order valence-corrected chi connectivity index (χ2v) is 9.22. The molecule has 1 aliphatic carbocycles. The van der Waals surface area contributed by atoms with Gasteiger partial charge >= 0.3 is 0 Å². The van der Waals surface area contributed by atoms with Gasteiger partial charge in [0.1, 0.15) is 0 Å². The van der Waals surface area contributed by atoms with E-state index in [2.05, 4.69) is 39.4 Å². The quantitative estimate of drug-likeness (QED) is 0.607. The summed E-state index contributed by atoms with van der Waals surface area (Å²) in [7, 11) is 2.15. The Morgan fingerprint density at radius 1 is 1.00 bits per heavy atom. The van der Waals surface area contributed by atoms with E-state index in [1.54, 1.807) is 4.68 Å². The smallest absolute Gasteiger partial charge is 0.272 e. The third-order valence-electron chi connectivity index (χ3n) is 6.74. The van der Waals surface area contributed by atoms with Gasteiger partial charge in [0.05, 0.1) is 5.69 Å². The molecule has 5 rings (SSSR count). The normalized spacial score (nSPS) is 16.6. The molecule has 0 spiro atoms. The molecule has 1 amide bonds. The first-order chi connectivity index (χ1) is 16.5. The summed E-state index contributed by atoms with van der Waals surface area (Å²) in [5.74, 6) is -2.08. The Balaban J connectivity index is 1.28. The lowest BCUT2D eigenvalue weighted by atomic mass is 10.1. The van der Waals surface area contributed by atoms with Crippen LogP contribution in [0.3, 0.4) is 0 Å². The summed E-state index contributed by atoms with van der Waals surface area (Å²) in [4.78, 5) is 17.8. The molecule has 0 bridgehead atoms. The van der Waals surface area contributed by atoms with Gasteiger partial charge in [-0.25, -0.2) is 13.5 Å². The Morgan fingerprint density at radius 2 is 1.79 bits per heavy atom. The number of aromatic nitrogens is 2. The average Bonchev–Trinajstić information content (AvgIpc) is 3.44. The molecule has 3 aromatic rings. The fourth-order valence-electron chi connectivity index (χ4n) is 4.82. The van der Waals surface area contributed by atoms with Crippen LogP contribution in [0.25, 0.3) is 5.69 Å². The van der Waals surface area contributed by atoms with Crippen LogP contribution in [0.15, 0.2) is 42.5 Å². The second kappa shape index (κ2) is 9.64. The van der Waals surface area contributed by atoms with Gasteiger partial charge in [0.15, 0.2) is 17.3 Å². The minimum absolute atomic E-state index is 0.246. The van der Waals surface area contributed by atoms with E-state index in [0.29, 0.717) is 17.9 Å². The highest BCUT2D eigenvalue weighted by molar-refractivity contribution is 5.94. The van der Waals surface area contributed by atoms with Crippen LogP contribution in [0.5, 0.6) is 0 Å². The standard InChI is InChI=1S/C26H29F2N5O/c1-31-10-12-32(13-11-31)17-19-5-2-4-18(14-19)16-29-26(34)25-21-6-3-7-24(21)33(30-25)20-8-9-22(27)23(28)15-20/h2,4-5,8-9,14-15H,3,6-7,10-13,16-17H2,1H3,(H,29,34). The molecule has 1 N–H and O–H groups in total. The van der Waals surface area contributed by atoms with Crippen molar-refractivity contribution in [2.75, 3.05) is 33.2 Å². The topological polar surface area (TPSA) is 53.4 Å². The van der Waals surface area contributed by atoms with Gasteiger partial charge in [-0.2, -0.15) is 5.10 Å². The van der Waals surface area contributed by atoms with E-state index in [1.807, 2.05) is 12.1 Å². The maximum Gasteiger partial charge on any atom is 0.272 e. The zero-order valence-corrected chi connectivity index (χ0v) is 19.4. The molecule has 8 heteroatoms. The molecule has 1 aliphatic heterocycles. The molecule has 178 valence electrons. The second-order valence-electron chi connectivity index (χ2n) is 9.22. The van der Waals surface area contributed by atoms with Gasteiger partial charge in [-0.3, -0.25) is 9.69 Å². The number of carbonyl (C=O) groups is 1. The maximum atomic E-state index is 13.8. The van der Waals surface area contributed by atoms with Crippen LogP contribution in [-0.4, -0.2) is 58.7 Å². The van der Waals surface area contributed by atoms with Crippen LogP contribution in [0, 0.1) is 11.6 Å². The van der Waals surface area contributed by atoms with Crippen LogP contribution in [0.4, 0.5) is 8.78 Å². The summed E-state index contributed by atoms with van der Waals surface area (Å²) in [6.07, 6.45) is 2.41. The Labute approximate surface area is 198 Å². The van der Waals surface area contributed by atoms with E-state index in [9.17, 15) is 13.6 Å². The minimum atomic E-state index is -0.929. The maximum absolute atomic E-state index is 13.8. The van der Waals surface area contributed by atoms with Crippen LogP contribution in [-0.2, 0) is 25.9 Å². The van der Waals surface area contributed by atoms with E-state index in [1.165, 1.54) is 11.6 Å². The molecular formula is C26H29F2N5O. The van der Waals surface area contributed by atoms with Gasteiger partial charge in [-0.05, 0) is 49.6 Å². The van der Waals surface area contributed by atoms with E-state index >= 15 is 0 Å². The first-order valence-corrected chi connectivity index (χ1v) is 11.8. The average molecular weight is 466 g/mol. The summed E-state index contributed by atoms with van der Waals surface area (Å²) in [6.45, 7) is 5.59. The molecule has 1 fully saturated rings. The summed E-state index contributed by atoms with van der Waals surface area (Å²) < 4.78 is 28.8. The molecule has 2 aromatic carbocycles. The lowest BCUT2D eigenvalue weighted by Gasteiger charge is -2.32. The molecule has 1 aromatic heterocycles. The highest BCUT2D eigenvalue weighted by atomic mass is 19.2. The zero-order chi connectivity index (χ0) is 23.7. The molecular weight excluding hydrogens is 436 g/mol. The SMILES string of the molecule is CN1CCN(Cc2cccc(CNC(=O)c3nn(-c4ccc(F)c(F)c4)c4c3CCC4)c2)CC1. The number of benzene rings is 2. The van der Waals surface area contributed by atoms with Crippen molar-refractivity contribution in [2.24, 2.45) is 0 Å². The van der Waals surface area contributed by atoms with Crippen molar-refractivity contribution in [3.8, 4) is 5.69 Å². The lowest BCUT2D eigenvalue weighted by molar-refractivity contribution is 0.0944. The van der Waals surface area contributed by atoms with Crippen LogP contribution >= 0.6 is 0 Å². The molecule has 1 saturated heterocycles. The van der Waals surface area contributed by atoms with Crippen LogP contribution in [0.2, 0.25) is 0 Å². The minimum Gasteiger partial charge on any atom is -0.347 e. The van der Waals surface area contributed by atoms with Gasteiger partial charge in [0.25, 0.3) is 5.91 Å². The number of hydrogen-bond acceptors (Lipinski definition) is 4. The molecule has 0 atom stereocenters. The van der Waals surface area contributed by atoms with Gasteiger partial charge in [-0.15, -0.1) is 0 Å². The first kappa shape index (κ1) is 22.7. The van der Waals surface area contributed by atoms with Crippen molar-refractivity contribution in [3.05, 3.63) is 82.2 Å². The Hall–Kier alpha value is -3.10. The first-order valence-electron chi connectivity index (χ1n) is 11.8. The number of likely N-dealkylation sites (N-methyl/N-ethyl adjacent to an activating group) is 1. The summed E-state index contributed by atoms with van der Waals surface area (Å²) in [6, 6.07) is 12.0. The van der Waals surface area contributed by atoms with Gasteiger partial charge in [0, 0.05) is 56.6 Å². The molecule has 2 heterocycles. The number of carbonyl (C=O) groups excluding carboxylic acids is 1. The molecule has 0 radical (unpaired) electrons. The molecule has 2 aliphatic rings. The van der Waals surface area contributed by atoms with Crippen molar-refractivity contribution in [2.45, 2.75) is 32.4 Å². The Bertz CT molecular complexity index is 1200. The van der Waals surface area contributed by atoms with Crippen molar-refractivity contribution < 1.29 is 13.6 Å². The highest BCUT2D eigenvalue weighted by Gasteiger charge is 2.27. The molecule has 0 saturated carbocycles. The summed E-state index contributed by atoms with van der Waals surface area (Å²) in [5.41, 5.74) is 4.85. The van der Waals surface area contributed by atoms with Crippen molar-refractivity contribution in [1.82, 2.24) is 24.9 Å². The van der Waals surface area contributed by atoms with Crippen LogP contribution in [0.1, 0.15) is 39.3 Å². The largest absolute Gasteiger partial charge is 0.347 e. The number of piperazine rings is 1. The number of nitrogens with zero attached hydrogens (tertiary/aromatic N) is 4. The predicted octanol–water partition coefficient (Wildman–Crippen LogP) is 3.32. The van der Waals surface area contributed by atoms with E-state index in [0.717, 1.165) is 80.9 Å². The number of rotatable bonds is 6. The van der Waals surface area contributed by atoms with E-state index < -0.39 is 11.6 Å². The number of halogens is 2. The van der Waals surface area contributed by atoms with Gasteiger partial charge in [0.2, 0.25) is 0 Å². The highest BCUT2D eigenvalue weighted by Crippen LogP contribution is 2.28. The fourth-order valence-corrected chi connectivity index (χ4v) is 4.82. The van der Waals surface area contributed by atoms with Crippen molar-refractivity contribution >= 4 is 5.91 Å². The third-order valence-corrected chi connectivity index (χ3v) is 6.74. The van der Waals surface area contributed by atoms with Gasteiger partial charge in [-0.1, -0.05) is 24.3 Å². The Morgan fingerprint density at radius 3 is 2.59 bits per heavy atom. The molecule has 34 heavy (non-hydrogen) atoms. The summed E-state index contributed by atoms with van der Waals surface area (Å²) in [5, 5.41) is 7.49. The number of fused-ring (bicyclic) bond motifs is 1. The van der Waals surface area contributed by atoms with Gasteiger partial charge < -0.3 is 10.2 Å². The van der Waals surface area contributed by atoms with Crippen molar-refractivity contribution in [3.63, 3.8) is 0 Å². The van der Waals surface area contributed by atoms with Crippen molar-refractivity contribution in [1.29, 1.82) is 0 Å². The fraction of sp³-hybridized carbons (Fsp3) is 0.385. The zero-order valence-electron chi connectivity index (χ0n) is 19.4. The lowest BCUT2D eigenvalue weighted by Crippen LogP contribution is -2.43.